The number of carbonyl (C=O) groups is 1. The van der Waals surface area contributed by atoms with Crippen LogP contribution in [0.2, 0.25) is 0 Å². The second-order valence-corrected chi connectivity index (χ2v) is 3.18. The molecule has 0 radical (unpaired) electrons. The van der Waals surface area contributed by atoms with E-state index in [0.29, 0.717) is 0 Å². The van der Waals surface area contributed by atoms with E-state index in [4.69, 9.17) is 0 Å². The van der Waals surface area contributed by atoms with E-state index in [0.717, 1.165) is 15.4 Å². The molecular formula is C9H7IO. The van der Waals surface area contributed by atoms with Gasteiger partial charge in [-0.3, -0.25) is 4.79 Å². The monoisotopic (exact) mass is 258 g/mol. The first-order chi connectivity index (χ1) is 5.34. The Morgan fingerprint density at radius 2 is 2.00 bits per heavy atom. The minimum absolute atomic E-state index is 0.781. The number of aldehydes is 1. The topological polar surface area (TPSA) is 17.1 Å². The molecule has 0 unspecified atom stereocenters. The number of hydrogen-bond acceptors (Lipinski definition) is 1. The van der Waals surface area contributed by atoms with E-state index >= 15 is 0 Å². The molecule has 0 aliphatic heterocycles. The summed E-state index contributed by atoms with van der Waals surface area (Å²) in [6.07, 6.45) is 4.08. The quantitative estimate of drug-likeness (QED) is 0.452. The molecule has 0 bridgehead atoms. The zero-order valence-corrected chi connectivity index (χ0v) is 7.99. The van der Waals surface area contributed by atoms with E-state index in [1.807, 2.05) is 24.3 Å². The molecule has 11 heavy (non-hydrogen) atoms. The van der Waals surface area contributed by atoms with Crippen LogP contribution in [0.3, 0.4) is 0 Å². The average molecular weight is 258 g/mol. The molecule has 2 heteroatoms. The minimum Gasteiger partial charge on any atom is -0.299 e. The Morgan fingerprint density at radius 3 is 2.64 bits per heavy atom. The van der Waals surface area contributed by atoms with Crippen molar-refractivity contribution in [3.05, 3.63) is 39.5 Å². The van der Waals surface area contributed by atoms with Crippen LogP contribution in [0, 0.1) is 3.57 Å². The Bertz CT molecular complexity index is 279. The van der Waals surface area contributed by atoms with Crippen LogP contribution >= 0.6 is 22.6 Å². The summed E-state index contributed by atoms with van der Waals surface area (Å²) >= 11 is 2.23. The lowest BCUT2D eigenvalue weighted by molar-refractivity contribution is -0.104. The van der Waals surface area contributed by atoms with Crippen molar-refractivity contribution in [1.82, 2.24) is 0 Å². The van der Waals surface area contributed by atoms with Crippen LogP contribution < -0.4 is 0 Å². The van der Waals surface area contributed by atoms with Gasteiger partial charge in [0, 0.05) is 3.57 Å². The van der Waals surface area contributed by atoms with Crippen LogP contribution in [0.25, 0.3) is 6.08 Å². The van der Waals surface area contributed by atoms with Crippen molar-refractivity contribution in [3.8, 4) is 0 Å². The Labute approximate surface area is 79.3 Å². The molecule has 0 saturated carbocycles. The predicted molar refractivity (Wildman–Crippen MR) is 54.3 cm³/mol. The molecule has 0 aliphatic carbocycles. The van der Waals surface area contributed by atoms with Gasteiger partial charge in [0.05, 0.1) is 0 Å². The number of halogens is 1. The SMILES string of the molecule is O=C/C=C\c1ccccc1I. The van der Waals surface area contributed by atoms with Crippen molar-refractivity contribution in [3.63, 3.8) is 0 Å². The molecule has 0 atom stereocenters. The van der Waals surface area contributed by atoms with Gasteiger partial charge in [-0.15, -0.1) is 0 Å². The first kappa shape index (κ1) is 8.46. The Morgan fingerprint density at radius 1 is 1.27 bits per heavy atom. The van der Waals surface area contributed by atoms with Crippen LogP contribution in [0.4, 0.5) is 0 Å². The summed E-state index contributed by atoms with van der Waals surface area (Å²) in [6, 6.07) is 7.90. The maximum absolute atomic E-state index is 10.0. The summed E-state index contributed by atoms with van der Waals surface area (Å²) < 4.78 is 1.16. The first-order valence-corrected chi connectivity index (χ1v) is 4.29. The zero-order valence-electron chi connectivity index (χ0n) is 5.83. The molecule has 0 aliphatic rings. The summed E-state index contributed by atoms with van der Waals surface area (Å²) in [5, 5.41) is 0. The molecule has 1 aromatic rings. The Kier molecular flexibility index (Phi) is 3.29. The third-order valence-electron chi connectivity index (χ3n) is 1.26. The van der Waals surface area contributed by atoms with Crippen LogP contribution in [-0.4, -0.2) is 6.29 Å². The average Bonchev–Trinajstić information content (AvgIpc) is 2.03. The summed E-state index contributed by atoms with van der Waals surface area (Å²) in [5.41, 5.74) is 1.08. The van der Waals surface area contributed by atoms with Gasteiger partial charge in [-0.05, 0) is 40.3 Å². The second kappa shape index (κ2) is 4.28. The van der Waals surface area contributed by atoms with Gasteiger partial charge in [0.2, 0.25) is 0 Å². The summed E-state index contributed by atoms with van der Waals surface area (Å²) in [6.45, 7) is 0. The lowest BCUT2D eigenvalue weighted by Crippen LogP contribution is -1.76. The predicted octanol–water partition coefficient (Wildman–Crippen LogP) is 2.50. The van der Waals surface area contributed by atoms with Gasteiger partial charge in [0.1, 0.15) is 6.29 Å². The van der Waals surface area contributed by atoms with Gasteiger partial charge >= 0.3 is 0 Å². The molecule has 0 heterocycles. The van der Waals surface area contributed by atoms with Crippen LogP contribution in [-0.2, 0) is 4.79 Å². The van der Waals surface area contributed by atoms with Crippen molar-refractivity contribution in [2.24, 2.45) is 0 Å². The fourth-order valence-corrected chi connectivity index (χ4v) is 1.32. The third-order valence-corrected chi connectivity index (χ3v) is 2.24. The maximum Gasteiger partial charge on any atom is 0.142 e. The number of benzene rings is 1. The molecule has 0 N–H and O–H groups in total. The van der Waals surface area contributed by atoms with Crippen LogP contribution in [0.1, 0.15) is 5.56 Å². The highest BCUT2D eigenvalue weighted by molar-refractivity contribution is 14.1. The largest absolute Gasteiger partial charge is 0.299 e. The fourth-order valence-electron chi connectivity index (χ4n) is 0.753. The summed E-state index contributed by atoms with van der Waals surface area (Å²) in [5.74, 6) is 0. The fraction of sp³-hybridized carbons (Fsp3) is 0. The van der Waals surface area contributed by atoms with E-state index in [-0.39, 0.29) is 0 Å². The van der Waals surface area contributed by atoms with Crippen molar-refractivity contribution in [2.45, 2.75) is 0 Å². The highest BCUT2D eigenvalue weighted by Crippen LogP contribution is 2.12. The summed E-state index contributed by atoms with van der Waals surface area (Å²) in [7, 11) is 0. The standard InChI is InChI=1S/C9H7IO/c10-9-6-2-1-4-8(9)5-3-7-11/h1-7H/b5-3-. The first-order valence-electron chi connectivity index (χ1n) is 3.21. The normalized spacial score (nSPS) is 10.3. The van der Waals surface area contributed by atoms with Gasteiger partial charge in [0.25, 0.3) is 0 Å². The highest BCUT2D eigenvalue weighted by Gasteiger charge is 1.90. The molecular weight excluding hydrogens is 251 g/mol. The van der Waals surface area contributed by atoms with Gasteiger partial charge in [-0.2, -0.15) is 0 Å². The van der Waals surface area contributed by atoms with E-state index in [1.54, 1.807) is 6.08 Å². The van der Waals surface area contributed by atoms with Gasteiger partial charge in [-0.1, -0.05) is 24.3 Å². The summed E-state index contributed by atoms with van der Waals surface area (Å²) in [4.78, 5) is 10.0. The molecule has 1 nitrogen and oxygen atoms in total. The number of allylic oxidation sites excluding steroid dienone is 1. The van der Waals surface area contributed by atoms with Gasteiger partial charge in [-0.25, -0.2) is 0 Å². The van der Waals surface area contributed by atoms with Crippen LogP contribution in [0.5, 0.6) is 0 Å². The van der Waals surface area contributed by atoms with Gasteiger partial charge < -0.3 is 0 Å². The Hall–Kier alpha value is -0.640. The van der Waals surface area contributed by atoms with Crippen molar-refractivity contribution < 1.29 is 4.79 Å². The van der Waals surface area contributed by atoms with E-state index < -0.39 is 0 Å². The maximum atomic E-state index is 10.0. The molecule has 0 saturated heterocycles. The molecule has 1 rings (SSSR count). The molecule has 0 fully saturated rings. The zero-order chi connectivity index (χ0) is 8.10. The highest BCUT2D eigenvalue weighted by atomic mass is 127. The molecule has 0 spiro atoms. The number of hydrogen-bond donors (Lipinski definition) is 0. The van der Waals surface area contributed by atoms with E-state index in [1.165, 1.54) is 6.08 Å². The van der Waals surface area contributed by atoms with Crippen molar-refractivity contribution in [2.75, 3.05) is 0 Å². The lowest BCUT2D eigenvalue weighted by atomic mass is 10.2. The Balaban J connectivity index is 2.94. The van der Waals surface area contributed by atoms with E-state index in [2.05, 4.69) is 22.6 Å². The van der Waals surface area contributed by atoms with Crippen molar-refractivity contribution in [1.29, 1.82) is 0 Å². The molecule has 0 amide bonds. The lowest BCUT2D eigenvalue weighted by Gasteiger charge is -1.94. The molecule has 0 aromatic heterocycles. The minimum atomic E-state index is 0.781. The third kappa shape index (κ3) is 2.46. The smallest absolute Gasteiger partial charge is 0.142 e. The second-order valence-electron chi connectivity index (χ2n) is 2.02. The van der Waals surface area contributed by atoms with E-state index in [9.17, 15) is 4.79 Å². The van der Waals surface area contributed by atoms with Gasteiger partial charge in [0.15, 0.2) is 0 Å². The molecule has 1 aromatic carbocycles. The number of carbonyl (C=O) groups excluding carboxylic acids is 1. The number of rotatable bonds is 2. The van der Waals surface area contributed by atoms with Crippen molar-refractivity contribution >= 4 is 35.0 Å². The van der Waals surface area contributed by atoms with Crippen LogP contribution in [0.15, 0.2) is 30.3 Å². The molecule has 56 valence electrons.